The zero-order chi connectivity index (χ0) is 11.0. The predicted molar refractivity (Wildman–Crippen MR) is 62.6 cm³/mol. The second kappa shape index (κ2) is 4.02. The summed E-state index contributed by atoms with van der Waals surface area (Å²) in [4.78, 5) is 13.0. The van der Waals surface area contributed by atoms with Gasteiger partial charge in [0.25, 0.3) is 0 Å². The minimum absolute atomic E-state index is 0.363. The topological polar surface area (TPSA) is 29.5 Å². The zero-order valence-corrected chi connectivity index (χ0v) is 10.4. The fourth-order valence-corrected chi connectivity index (χ4v) is 2.73. The van der Waals surface area contributed by atoms with Gasteiger partial charge in [-0.15, -0.1) is 0 Å². The maximum Gasteiger partial charge on any atom is 0.414 e. The number of benzene rings is 1. The van der Waals surface area contributed by atoms with Crippen molar-refractivity contribution in [2.75, 3.05) is 18.6 Å². The Hall–Kier alpha value is -0.740. The SMILES string of the molecule is COC(=O)N1CCc2cc(Br)cc(Cl)c21. The molecule has 1 heterocycles. The average Bonchev–Trinajstić information content (AvgIpc) is 2.60. The van der Waals surface area contributed by atoms with Crippen LogP contribution in [0.2, 0.25) is 5.02 Å². The number of halogens is 2. The molecule has 1 amide bonds. The Bertz CT molecular complexity index is 422. The third kappa shape index (κ3) is 1.84. The summed E-state index contributed by atoms with van der Waals surface area (Å²) in [6, 6.07) is 3.76. The normalized spacial score (nSPS) is 13.9. The molecule has 0 fully saturated rings. The fraction of sp³-hybridized carbons (Fsp3) is 0.300. The number of carbonyl (C=O) groups is 1. The summed E-state index contributed by atoms with van der Waals surface area (Å²) in [5.41, 5.74) is 1.84. The maximum atomic E-state index is 11.4. The van der Waals surface area contributed by atoms with Gasteiger partial charge >= 0.3 is 6.09 Å². The number of amides is 1. The molecule has 5 heteroatoms. The van der Waals surface area contributed by atoms with Gasteiger partial charge in [0.1, 0.15) is 0 Å². The number of carbonyl (C=O) groups excluding carboxylic acids is 1. The molecular formula is C10H9BrClNO2. The molecule has 15 heavy (non-hydrogen) atoms. The lowest BCUT2D eigenvalue weighted by Gasteiger charge is -2.16. The van der Waals surface area contributed by atoms with E-state index in [4.69, 9.17) is 16.3 Å². The Morgan fingerprint density at radius 1 is 1.60 bits per heavy atom. The van der Waals surface area contributed by atoms with E-state index in [1.54, 1.807) is 11.0 Å². The van der Waals surface area contributed by atoms with Gasteiger partial charge in [0.2, 0.25) is 0 Å². The highest BCUT2D eigenvalue weighted by molar-refractivity contribution is 9.10. The molecule has 1 aromatic carbocycles. The van der Waals surface area contributed by atoms with E-state index in [0.29, 0.717) is 11.6 Å². The van der Waals surface area contributed by atoms with Crippen molar-refractivity contribution in [3.05, 3.63) is 27.2 Å². The second-order valence-electron chi connectivity index (χ2n) is 3.27. The van der Waals surface area contributed by atoms with Crippen LogP contribution in [-0.4, -0.2) is 19.7 Å². The molecule has 3 nitrogen and oxygen atoms in total. The number of hydrogen-bond acceptors (Lipinski definition) is 2. The lowest BCUT2D eigenvalue weighted by atomic mass is 10.2. The summed E-state index contributed by atoms with van der Waals surface area (Å²) in [6.45, 7) is 0.623. The van der Waals surface area contributed by atoms with Crippen LogP contribution in [0, 0.1) is 0 Å². The van der Waals surface area contributed by atoms with Crippen LogP contribution in [-0.2, 0) is 11.2 Å². The van der Waals surface area contributed by atoms with Gasteiger partial charge < -0.3 is 4.74 Å². The van der Waals surface area contributed by atoms with Gasteiger partial charge in [0, 0.05) is 11.0 Å². The summed E-state index contributed by atoms with van der Waals surface area (Å²) >= 11 is 9.46. The minimum Gasteiger partial charge on any atom is -0.452 e. The van der Waals surface area contributed by atoms with E-state index in [1.807, 2.05) is 6.07 Å². The molecule has 1 aliphatic heterocycles. The lowest BCUT2D eigenvalue weighted by molar-refractivity contribution is 0.179. The number of anilines is 1. The monoisotopic (exact) mass is 289 g/mol. The fourth-order valence-electron chi connectivity index (χ4n) is 1.75. The van der Waals surface area contributed by atoms with Gasteiger partial charge in [-0.2, -0.15) is 0 Å². The summed E-state index contributed by atoms with van der Waals surface area (Å²) in [6.07, 6.45) is 0.446. The molecule has 0 aliphatic carbocycles. The molecule has 80 valence electrons. The average molecular weight is 291 g/mol. The summed E-state index contributed by atoms with van der Waals surface area (Å²) in [5, 5.41) is 0.572. The highest BCUT2D eigenvalue weighted by atomic mass is 79.9. The van der Waals surface area contributed by atoms with E-state index in [0.717, 1.165) is 22.1 Å². The quantitative estimate of drug-likeness (QED) is 0.734. The van der Waals surface area contributed by atoms with Gasteiger partial charge in [-0.25, -0.2) is 4.79 Å². The smallest absolute Gasteiger partial charge is 0.414 e. The van der Waals surface area contributed by atoms with Crippen molar-refractivity contribution in [1.82, 2.24) is 0 Å². The van der Waals surface area contributed by atoms with Crippen LogP contribution < -0.4 is 4.90 Å². The first-order chi connectivity index (χ1) is 7.13. The number of methoxy groups -OCH3 is 1. The van der Waals surface area contributed by atoms with E-state index in [1.165, 1.54) is 7.11 Å². The largest absolute Gasteiger partial charge is 0.452 e. The van der Waals surface area contributed by atoms with Crippen molar-refractivity contribution in [3.8, 4) is 0 Å². The van der Waals surface area contributed by atoms with Crippen LogP contribution in [0.4, 0.5) is 10.5 Å². The number of fused-ring (bicyclic) bond motifs is 1. The summed E-state index contributed by atoms with van der Waals surface area (Å²) in [5.74, 6) is 0. The third-order valence-electron chi connectivity index (χ3n) is 2.38. The van der Waals surface area contributed by atoms with Crippen molar-refractivity contribution in [2.45, 2.75) is 6.42 Å². The molecule has 0 saturated carbocycles. The lowest BCUT2D eigenvalue weighted by Crippen LogP contribution is -2.28. The Kier molecular flexibility index (Phi) is 2.89. The Morgan fingerprint density at radius 2 is 2.33 bits per heavy atom. The van der Waals surface area contributed by atoms with E-state index in [9.17, 15) is 4.79 Å². The van der Waals surface area contributed by atoms with Crippen LogP contribution >= 0.6 is 27.5 Å². The molecule has 0 N–H and O–H groups in total. The first-order valence-electron chi connectivity index (χ1n) is 4.47. The second-order valence-corrected chi connectivity index (χ2v) is 4.59. The first kappa shape index (κ1) is 10.8. The molecule has 2 rings (SSSR count). The molecule has 0 saturated heterocycles. The first-order valence-corrected chi connectivity index (χ1v) is 5.64. The summed E-state index contributed by atoms with van der Waals surface area (Å²) < 4.78 is 5.62. The molecule has 1 aliphatic rings. The van der Waals surface area contributed by atoms with Gasteiger partial charge in [-0.3, -0.25) is 4.90 Å². The van der Waals surface area contributed by atoms with E-state index < -0.39 is 0 Å². The number of hydrogen-bond donors (Lipinski definition) is 0. The number of rotatable bonds is 0. The third-order valence-corrected chi connectivity index (χ3v) is 3.12. The number of ether oxygens (including phenoxy) is 1. The Balaban J connectivity index is 2.46. The molecule has 1 aromatic rings. The van der Waals surface area contributed by atoms with Crippen molar-refractivity contribution >= 4 is 39.3 Å². The van der Waals surface area contributed by atoms with Crippen molar-refractivity contribution in [3.63, 3.8) is 0 Å². The Labute approximate surface area is 101 Å². The molecule has 0 unspecified atom stereocenters. The van der Waals surface area contributed by atoms with Crippen LogP contribution in [0.1, 0.15) is 5.56 Å². The zero-order valence-electron chi connectivity index (χ0n) is 8.09. The van der Waals surface area contributed by atoms with Crippen molar-refractivity contribution < 1.29 is 9.53 Å². The molecule has 0 bridgehead atoms. The molecule has 0 aromatic heterocycles. The van der Waals surface area contributed by atoms with Crippen LogP contribution in [0.25, 0.3) is 0 Å². The van der Waals surface area contributed by atoms with E-state index in [2.05, 4.69) is 15.9 Å². The number of nitrogens with zero attached hydrogens (tertiary/aromatic N) is 1. The molecule has 0 spiro atoms. The van der Waals surface area contributed by atoms with E-state index >= 15 is 0 Å². The highest BCUT2D eigenvalue weighted by Gasteiger charge is 2.27. The van der Waals surface area contributed by atoms with Crippen LogP contribution in [0.3, 0.4) is 0 Å². The molecule has 0 radical (unpaired) electrons. The summed E-state index contributed by atoms with van der Waals surface area (Å²) in [7, 11) is 1.37. The van der Waals surface area contributed by atoms with E-state index in [-0.39, 0.29) is 6.09 Å². The van der Waals surface area contributed by atoms with Crippen LogP contribution in [0.15, 0.2) is 16.6 Å². The van der Waals surface area contributed by atoms with Gasteiger partial charge in [0.15, 0.2) is 0 Å². The highest BCUT2D eigenvalue weighted by Crippen LogP contribution is 2.37. The molecular weight excluding hydrogens is 281 g/mol. The maximum absolute atomic E-state index is 11.4. The Morgan fingerprint density at radius 3 is 3.00 bits per heavy atom. The van der Waals surface area contributed by atoms with Gasteiger partial charge in [-0.1, -0.05) is 27.5 Å². The van der Waals surface area contributed by atoms with Crippen molar-refractivity contribution in [1.29, 1.82) is 0 Å². The van der Waals surface area contributed by atoms with Gasteiger partial charge in [-0.05, 0) is 24.1 Å². The molecule has 0 atom stereocenters. The predicted octanol–water partition coefficient (Wildman–Crippen LogP) is 3.23. The standard InChI is InChI=1S/C10H9BrClNO2/c1-15-10(14)13-3-2-6-4-7(11)5-8(12)9(6)13/h4-5H,2-3H2,1H3. The van der Waals surface area contributed by atoms with Crippen molar-refractivity contribution in [2.24, 2.45) is 0 Å². The van der Waals surface area contributed by atoms with Gasteiger partial charge in [0.05, 0.1) is 17.8 Å². The minimum atomic E-state index is -0.363. The van der Waals surface area contributed by atoms with Crippen LogP contribution in [0.5, 0.6) is 0 Å².